The number of carbonyl (C=O) groups is 4. The predicted molar refractivity (Wildman–Crippen MR) is 165 cm³/mol. The molecule has 14 nitrogen and oxygen atoms in total. The van der Waals surface area contributed by atoms with E-state index in [1.165, 1.54) is 9.36 Å². The van der Waals surface area contributed by atoms with Crippen LogP contribution in [0.1, 0.15) is 136 Å². The topological polar surface area (TPSA) is 167 Å². The Morgan fingerprint density at radius 3 is 1.15 bits per heavy atom. The molecule has 0 aliphatic carbocycles. The van der Waals surface area contributed by atoms with E-state index >= 15 is 0 Å². The van der Waals surface area contributed by atoms with E-state index in [4.69, 9.17) is 18.9 Å². The molecule has 2 aromatic heterocycles. The third-order valence-corrected chi connectivity index (χ3v) is 5.50. The van der Waals surface area contributed by atoms with Gasteiger partial charge in [-0.2, -0.15) is 0 Å². The lowest BCUT2D eigenvalue weighted by Gasteiger charge is -2.21. The first-order valence-corrected chi connectivity index (χ1v) is 14.8. The minimum absolute atomic E-state index is 0.0393. The van der Waals surface area contributed by atoms with Crippen molar-refractivity contribution in [1.29, 1.82) is 0 Å². The van der Waals surface area contributed by atoms with Gasteiger partial charge in [0.25, 0.3) is 0 Å². The quantitative estimate of drug-likeness (QED) is 0.244. The molecule has 3 rings (SSSR count). The van der Waals surface area contributed by atoms with Crippen LogP contribution in [0.15, 0.2) is 24.3 Å². The van der Waals surface area contributed by atoms with Gasteiger partial charge in [0.2, 0.25) is 11.4 Å². The molecule has 46 heavy (non-hydrogen) atoms. The van der Waals surface area contributed by atoms with E-state index in [2.05, 4.69) is 20.6 Å². The number of nitrogens with zero attached hydrogens (tertiary/aromatic N) is 6. The van der Waals surface area contributed by atoms with Crippen LogP contribution in [0.5, 0.6) is 0 Å². The maximum absolute atomic E-state index is 13.2. The minimum Gasteiger partial charge on any atom is -0.455 e. The molecule has 14 heteroatoms. The summed E-state index contributed by atoms with van der Waals surface area (Å²) in [6.07, 6.45) is 0. The lowest BCUT2D eigenvalue weighted by Crippen LogP contribution is -2.29. The van der Waals surface area contributed by atoms with Crippen molar-refractivity contribution in [3.63, 3.8) is 0 Å². The monoisotopic (exact) mass is 640 g/mol. The summed E-state index contributed by atoms with van der Waals surface area (Å²) in [4.78, 5) is 52.4. The number of hydrogen-bond donors (Lipinski definition) is 0. The van der Waals surface area contributed by atoms with Gasteiger partial charge < -0.3 is 18.9 Å². The molecule has 3 aromatic rings. The predicted octanol–water partition coefficient (Wildman–Crippen LogP) is 4.79. The number of carbonyl (C=O) groups excluding carboxylic acids is 4. The number of aromatic nitrogens is 6. The van der Waals surface area contributed by atoms with Gasteiger partial charge in [-0.3, -0.25) is 0 Å². The first kappa shape index (κ1) is 35.9. The van der Waals surface area contributed by atoms with E-state index in [9.17, 15) is 19.2 Å². The van der Waals surface area contributed by atoms with Crippen LogP contribution in [0, 0.1) is 0 Å². The van der Waals surface area contributed by atoms with Crippen LogP contribution in [0.2, 0.25) is 0 Å². The van der Waals surface area contributed by atoms with Gasteiger partial charge in [0, 0.05) is 0 Å². The maximum atomic E-state index is 13.2. The van der Waals surface area contributed by atoms with Crippen LogP contribution in [0.4, 0.5) is 0 Å². The molecular weight excluding hydrogens is 596 g/mol. The summed E-state index contributed by atoms with van der Waals surface area (Å²) in [5.41, 5.74) is -2.84. The van der Waals surface area contributed by atoms with Crippen LogP contribution in [-0.4, -0.2) is 76.3 Å². The van der Waals surface area contributed by atoms with Gasteiger partial charge >= 0.3 is 23.9 Å². The first-order chi connectivity index (χ1) is 20.9. The van der Waals surface area contributed by atoms with Gasteiger partial charge in [-0.25, -0.2) is 28.5 Å². The highest BCUT2D eigenvalue weighted by atomic mass is 16.6. The van der Waals surface area contributed by atoms with E-state index < -0.39 is 46.3 Å². The van der Waals surface area contributed by atoms with Crippen molar-refractivity contribution in [2.75, 3.05) is 0 Å². The Labute approximate surface area is 268 Å². The van der Waals surface area contributed by atoms with E-state index in [-0.39, 0.29) is 35.9 Å². The van der Waals surface area contributed by atoms with Crippen molar-refractivity contribution in [1.82, 2.24) is 30.0 Å². The molecule has 0 bridgehead atoms. The third kappa shape index (κ3) is 10.2. The molecule has 1 aromatic carbocycles. The van der Waals surface area contributed by atoms with Crippen LogP contribution in [0.25, 0.3) is 0 Å². The summed E-state index contributed by atoms with van der Waals surface area (Å²) in [5, 5.41) is 16.1. The fourth-order valence-corrected chi connectivity index (χ4v) is 4.00. The minimum atomic E-state index is -0.848. The number of ether oxygens (including phenoxy) is 4. The van der Waals surface area contributed by atoms with Crippen molar-refractivity contribution in [2.45, 2.75) is 119 Å². The molecule has 0 atom stereocenters. The number of esters is 4. The molecule has 0 aliphatic heterocycles. The second-order valence-corrected chi connectivity index (χ2v) is 14.7. The average Bonchev–Trinajstić information content (AvgIpc) is 3.45. The fraction of sp³-hybridized carbons (Fsp3) is 0.562. The summed E-state index contributed by atoms with van der Waals surface area (Å²) < 4.78 is 24.6. The van der Waals surface area contributed by atoms with Crippen LogP contribution < -0.4 is 0 Å². The molecule has 0 saturated heterocycles. The van der Waals surface area contributed by atoms with Crippen LogP contribution >= 0.6 is 0 Å². The standard InChI is InChI=1S/C32H44N6O8/c1-29(2,3)43-25(39)21-23(27(41)45-31(7,8)9)37(35-33-21)17-19-14-13-15-20(16-19)18-38-24(28(42)46-32(10,11)12)22(34-36-38)26(40)44-30(4,5)6/h13-16H,17-18H2,1-12H3. The molecule has 0 radical (unpaired) electrons. The molecule has 250 valence electrons. The smallest absolute Gasteiger partial charge is 0.362 e. The van der Waals surface area contributed by atoms with Gasteiger partial charge in [0.05, 0.1) is 13.1 Å². The normalized spacial score (nSPS) is 12.4. The Balaban J connectivity index is 1.99. The van der Waals surface area contributed by atoms with E-state index in [0.717, 1.165) is 0 Å². The van der Waals surface area contributed by atoms with Crippen LogP contribution in [-0.2, 0) is 32.0 Å². The number of benzene rings is 1. The highest BCUT2D eigenvalue weighted by Crippen LogP contribution is 2.21. The van der Waals surface area contributed by atoms with E-state index in [1.54, 1.807) is 107 Å². The Bertz CT molecular complexity index is 1500. The zero-order chi connectivity index (χ0) is 34.8. The lowest BCUT2D eigenvalue weighted by atomic mass is 10.1. The molecule has 0 saturated carbocycles. The van der Waals surface area contributed by atoms with Crippen LogP contribution in [0.3, 0.4) is 0 Å². The van der Waals surface area contributed by atoms with Gasteiger partial charge in [-0.15, -0.1) is 10.2 Å². The average molecular weight is 641 g/mol. The van der Waals surface area contributed by atoms with Crippen molar-refractivity contribution < 1.29 is 38.1 Å². The zero-order valence-corrected chi connectivity index (χ0v) is 28.7. The summed E-state index contributed by atoms with van der Waals surface area (Å²) in [6.45, 7) is 20.5. The molecule has 0 aliphatic rings. The Kier molecular flexibility index (Phi) is 10.1. The maximum Gasteiger partial charge on any atom is 0.362 e. The Hall–Kier alpha value is -4.62. The van der Waals surface area contributed by atoms with Gasteiger partial charge in [-0.1, -0.05) is 34.7 Å². The highest BCUT2D eigenvalue weighted by Gasteiger charge is 2.34. The van der Waals surface area contributed by atoms with Crippen molar-refractivity contribution in [2.24, 2.45) is 0 Å². The van der Waals surface area contributed by atoms with Crippen molar-refractivity contribution >= 4 is 23.9 Å². The second-order valence-electron chi connectivity index (χ2n) is 14.7. The second kappa shape index (κ2) is 13.0. The van der Waals surface area contributed by atoms with Gasteiger partial charge in [0.15, 0.2) is 11.4 Å². The lowest BCUT2D eigenvalue weighted by molar-refractivity contribution is 0.000758. The molecule has 2 heterocycles. The Morgan fingerprint density at radius 1 is 0.543 bits per heavy atom. The van der Waals surface area contributed by atoms with E-state index in [1.807, 2.05) is 0 Å². The van der Waals surface area contributed by atoms with Gasteiger partial charge in [-0.05, 0) is 94.2 Å². The van der Waals surface area contributed by atoms with Crippen molar-refractivity contribution in [3.8, 4) is 0 Å². The fourth-order valence-electron chi connectivity index (χ4n) is 4.00. The van der Waals surface area contributed by atoms with Gasteiger partial charge in [0.1, 0.15) is 22.4 Å². The molecule has 0 N–H and O–H groups in total. The molecular formula is C32H44N6O8. The summed E-state index contributed by atoms with van der Waals surface area (Å²) >= 11 is 0. The summed E-state index contributed by atoms with van der Waals surface area (Å²) in [5.74, 6) is -3.19. The first-order valence-electron chi connectivity index (χ1n) is 14.8. The number of rotatable bonds is 8. The SMILES string of the molecule is CC(C)(C)OC(=O)c1nnn(Cc2cccc(Cn3nnc(C(=O)OC(C)(C)C)c3C(=O)OC(C)(C)C)c2)c1C(=O)OC(C)(C)C. The Morgan fingerprint density at radius 2 is 0.848 bits per heavy atom. The molecule has 0 spiro atoms. The van der Waals surface area contributed by atoms with E-state index in [0.29, 0.717) is 11.1 Å². The molecule has 0 unspecified atom stereocenters. The summed E-state index contributed by atoms with van der Waals surface area (Å²) in [6, 6.07) is 7.14. The third-order valence-electron chi connectivity index (χ3n) is 5.50. The molecule has 0 amide bonds. The largest absolute Gasteiger partial charge is 0.455 e. The molecule has 0 fully saturated rings. The zero-order valence-electron chi connectivity index (χ0n) is 28.7. The summed E-state index contributed by atoms with van der Waals surface area (Å²) in [7, 11) is 0. The highest BCUT2D eigenvalue weighted by molar-refractivity contribution is 6.01. The number of hydrogen-bond acceptors (Lipinski definition) is 12. The van der Waals surface area contributed by atoms with Crippen molar-refractivity contribution in [3.05, 3.63) is 58.2 Å².